The summed E-state index contributed by atoms with van der Waals surface area (Å²) >= 11 is 0. The summed E-state index contributed by atoms with van der Waals surface area (Å²) < 4.78 is 0. The van der Waals surface area contributed by atoms with E-state index in [0.717, 1.165) is 32.4 Å². The molecule has 2 fully saturated rings. The van der Waals surface area contributed by atoms with Crippen LogP contribution in [0.25, 0.3) is 22.3 Å². The van der Waals surface area contributed by atoms with Gasteiger partial charge in [0.15, 0.2) is 0 Å². The van der Waals surface area contributed by atoms with Crippen LogP contribution in [0.5, 0.6) is 0 Å². The number of hydrogen-bond donors (Lipinski definition) is 2. The third-order valence-electron chi connectivity index (χ3n) is 7.68. The molecule has 0 radical (unpaired) electrons. The highest BCUT2D eigenvalue weighted by molar-refractivity contribution is 6.02. The number of nitrogens with zero attached hydrogens (tertiary/aromatic N) is 2. The van der Waals surface area contributed by atoms with E-state index in [1.54, 1.807) is 0 Å². The van der Waals surface area contributed by atoms with E-state index in [9.17, 15) is 0 Å². The SMILES string of the molecule is C/C=C1/CN[C@H](C2=NC=C(c3ccc(-c4ccc(C5=CN=C([C@@H]6CCCN6)C5)cc4)cc3)C2)C1. The highest BCUT2D eigenvalue weighted by Gasteiger charge is 2.26. The van der Waals surface area contributed by atoms with Crippen molar-refractivity contribution in [1.29, 1.82) is 0 Å². The minimum absolute atomic E-state index is 0.392. The second kappa shape index (κ2) is 9.28. The van der Waals surface area contributed by atoms with Gasteiger partial charge in [-0.1, -0.05) is 60.2 Å². The quantitative estimate of drug-likeness (QED) is 0.569. The van der Waals surface area contributed by atoms with Gasteiger partial charge in [0, 0.05) is 55.3 Å². The lowest BCUT2D eigenvalue weighted by atomic mass is 9.95. The summed E-state index contributed by atoms with van der Waals surface area (Å²) in [6, 6.07) is 18.8. The van der Waals surface area contributed by atoms with Crippen molar-refractivity contribution in [3.05, 3.63) is 83.7 Å². The topological polar surface area (TPSA) is 48.8 Å². The van der Waals surface area contributed by atoms with Gasteiger partial charge in [0.25, 0.3) is 0 Å². The predicted octanol–water partition coefficient (Wildman–Crippen LogP) is 5.79. The van der Waals surface area contributed by atoms with Crippen LogP contribution in [-0.4, -0.2) is 36.6 Å². The maximum Gasteiger partial charge on any atom is 0.0499 e. The van der Waals surface area contributed by atoms with Crippen molar-refractivity contribution in [1.82, 2.24) is 10.6 Å². The van der Waals surface area contributed by atoms with Gasteiger partial charge < -0.3 is 10.6 Å². The number of nitrogens with one attached hydrogen (secondary N) is 2. The minimum atomic E-state index is 0.392. The van der Waals surface area contributed by atoms with E-state index in [0.29, 0.717) is 12.1 Å². The van der Waals surface area contributed by atoms with E-state index < -0.39 is 0 Å². The van der Waals surface area contributed by atoms with E-state index in [1.165, 1.54) is 63.2 Å². The summed E-state index contributed by atoms with van der Waals surface area (Å²) in [5, 5.41) is 7.16. The summed E-state index contributed by atoms with van der Waals surface area (Å²) in [5.74, 6) is 0. The Hall–Kier alpha value is -3.08. The number of benzene rings is 2. The van der Waals surface area contributed by atoms with Crippen molar-refractivity contribution in [2.24, 2.45) is 9.98 Å². The van der Waals surface area contributed by atoms with E-state index in [1.807, 2.05) is 0 Å². The lowest BCUT2D eigenvalue weighted by Crippen LogP contribution is -2.29. The Balaban J connectivity index is 1.08. The van der Waals surface area contributed by atoms with Gasteiger partial charge in [-0.05, 0) is 66.1 Å². The fourth-order valence-corrected chi connectivity index (χ4v) is 5.51. The molecule has 0 aliphatic carbocycles. The number of allylic oxidation sites excluding steroid dienone is 3. The molecule has 0 bridgehead atoms. The zero-order chi connectivity index (χ0) is 22.9. The van der Waals surface area contributed by atoms with Crippen molar-refractivity contribution in [3.8, 4) is 11.1 Å². The van der Waals surface area contributed by atoms with Crippen LogP contribution in [0.15, 0.2) is 82.6 Å². The molecule has 2 saturated heterocycles. The van der Waals surface area contributed by atoms with Gasteiger partial charge >= 0.3 is 0 Å². The van der Waals surface area contributed by atoms with Gasteiger partial charge in [0.05, 0.1) is 0 Å². The Morgan fingerprint density at radius 3 is 1.79 bits per heavy atom. The van der Waals surface area contributed by atoms with Crippen LogP contribution in [0.4, 0.5) is 0 Å². The standard InChI is InChI=1S/C30H32N4/c1-2-20-14-28(32-17-20)30-16-26(19-34-30)24-11-7-22(8-12-24)21-5-9-23(10-6-21)25-15-29(33-18-25)27-4-3-13-31-27/h2,5-12,18-19,27-28,31-32H,3-4,13-17H2,1H3/b20-2+/t27-,28-/m0/s1. The van der Waals surface area contributed by atoms with Crippen LogP contribution in [-0.2, 0) is 0 Å². The van der Waals surface area contributed by atoms with Crippen LogP contribution in [0, 0.1) is 0 Å². The number of hydrogen-bond acceptors (Lipinski definition) is 4. The summed E-state index contributed by atoms with van der Waals surface area (Å²) in [6.07, 6.45) is 11.8. The van der Waals surface area contributed by atoms with Gasteiger partial charge in [-0.25, -0.2) is 0 Å². The second-order valence-electron chi connectivity index (χ2n) is 9.79. The smallest absolute Gasteiger partial charge is 0.0499 e. The monoisotopic (exact) mass is 448 g/mol. The molecule has 34 heavy (non-hydrogen) atoms. The molecule has 4 heterocycles. The molecule has 2 aromatic carbocycles. The van der Waals surface area contributed by atoms with Gasteiger partial charge in [-0.2, -0.15) is 0 Å². The first-order valence-corrected chi connectivity index (χ1v) is 12.6. The predicted molar refractivity (Wildman–Crippen MR) is 143 cm³/mol. The normalized spacial score (nSPS) is 25.5. The van der Waals surface area contributed by atoms with E-state index >= 15 is 0 Å². The van der Waals surface area contributed by atoms with Crippen molar-refractivity contribution in [2.45, 2.75) is 51.1 Å². The van der Waals surface area contributed by atoms with Crippen LogP contribution < -0.4 is 10.6 Å². The molecule has 0 spiro atoms. The van der Waals surface area contributed by atoms with Gasteiger partial charge in [0.1, 0.15) is 0 Å². The molecule has 4 nitrogen and oxygen atoms in total. The molecule has 6 rings (SSSR count). The molecule has 0 saturated carbocycles. The Kier molecular flexibility index (Phi) is 5.86. The highest BCUT2D eigenvalue weighted by Crippen LogP contribution is 2.31. The second-order valence-corrected chi connectivity index (χ2v) is 9.79. The van der Waals surface area contributed by atoms with Gasteiger partial charge in [-0.15, -0.1) is 0 Å². The average molecular weight is 449 g/mol. The zero-order valence-corrected chi connectivity index (χ0v) is 19.8. The van der Waals surface area contributed by atoms with E-state index in [4.69, 9.17) is 9.98 Å². The third-order valence-corrected chi connectivity index (χ3v) is 7.68. The Morgan fingerprint density at radius 2 is 1.29 bits per heavy atom. The minimum Gasteiger partial charge on any atom is -0.309 e. The molecule has 4 heteroatoms. The van der Waals surface area contributed by atoms with Crippen molar-refractivity contribution in [3.63, 3.8) is 0 Å². The average Bonchev–Trinajstić information content (AvgIpc) is 3.70. The first-order chi connectivity index (χ1) is 16.8. The van der Waals surface area contributed by atoms with Crippen molar-refractivity contribution < 1.29 is 0 Å². The number of rotatable bonds is 5. The van der Waals surface area contributed by atoms with Gasteiger partial charge in [-0.3, -0.25) is 9.98 Å². The molecule has 172 valence electrons. The van der Waals surface area contributed by atoms with E-state index in [2.05, 4.69) is 84.6 Å². The van der Waals surface area contributed by atoms with Crippen molar-refractivity contribution in [2.75, 3.05) is 13.1 Å². The van der Waals surface area contributed by atoms with E-state index in [-0.39, 0.29) is 0 Å². The first-order valence-electron chi connectivity index (χ1n) is 12.6. The third kappa shape index (κ3) is 4.24. The molecule has 2 N–H and O–H groups in total. The Labute approximate surface area is 202 Å². The van der Waals surface area contributed by atoms with Crippen LogP contribution in [0.3, 0.4) is 0 Å². The molecule has 2 atom stereocenters. The van der Waals surface area contributed by atoms with Crippen LogP contribution in [0.2, 0.25) is 0 Å². The van der Waals surface area contributed by atoms with Crippen molar-refractivity contribution >= 4 is 22.6 Å². The molecule has 4 aliphatic heterocycles. The maximum atomic E-state index is 4.75. The molecule has 2 aromatic rings. The molecule has 0 unspecified atom stereocenters. The lowest BCUT2D eigenvalue weighted by Gasteiger charge is -2.12. The molecule has 4 aliphatic rings. The van der Waals surface area contributed by atoms with Crippen LogP contribution in [0.1, 0.15) is 50.2 Å². The molecule has 0 aromatic heterocycles. The molecular formula is C30H32N4. The zero-order valence-electron chi connectivity index (χ0n) is 19.8. The number of aliphatic imine (C=N–C) groups is 2. The van der Waals surface area contributed by atoms with Gasteiger partial charge in [0.2, 0.25) is 0 Å². The largest absolute Gasteiger partial charge is 0.309 e. The summed E-state index contributed by atoms with van der Waals surface area (Å²) in [4.78, 5) is 9.46. The fourth-order valence-electron chi connectivity index (χ4n) is 5.51. The highest BCUT2D eigenvalue weighted by atomic mass is 15.0. The summed E-state index contributed by atoms with van der Waals surface area (Å²) in [6.45, 7) is 4.24. The summed E-state index contributed by atoms with van der Waals surface area (Å²) in [5.41, 5.74) is 11.7. The summed E-state index contributed by atoms with van der Waals surface area (Å²) in [7, 11) is 0. The Bertz CT molecular complexity index is 1220. The first kappa shape index (κ1) is 21.5. The maximum absolute atomic E-state index is 4.75. The fraction of sp³-hybridized carbons (Fsp3) is 0.333. The van der Waals surface area contributed by atoms with Crippen LogP contribution >= 0.6 is 0 Å². The Morgan fingerprint density at radius 1 is 0.735 bits per heavy atom. The molecular weight excluding hydrogens is 416 g/mol. The lowest BCUT2D eigenvalue weighted by molar-refractivity contribution is 0.756. The molecule has 0 amide bonds.